The first-order valence-corrected chi connectivity index (χ1v) is 26.1. The minimum Gasteiger partial charge on any atom is -0.480 e. The van der Waals surface area contributed by atoms with Crippen LogP contribution in [0.1, 0.15) is 123 Å². The summed E-state index contributed by atoms with van der Waals surface area (Å²) in [5, 5.41) is 3.49. The number of aromatic nitrogens is 1. The van der Waals surface area contributed by atoms with Crippen LogP contribution in [0.25, 0.3) is 0 Å². The number of hydrogen-bond acceptors (Lipinski definition) is 12. The zero-order valence-electron chi connectivity index (χ0n) is 40.8. The summed E-state index contributed by atoms with van der Waals surface area (Å²) in [6.45, 7) is 8.49. The summed E-state index contributed by atoms with van der Waals surface area (Å²) in [5.74, 6) is -2.84. The lowest BCUT2D eigenvalue weighted by atomic mass is 9.93. The van der Waals surface area contributed by atoms with Gasteiger partial charge in [0, 0.05) is 42.1 Å². The Hall–Kier alpha value is -5.63. The number of hydrogen-bond donors (Lipinski definition) is 0. The molecule has 0 bridgehead atoms. The summed E-state index contributed by atoms with van der Waals surface area (Å²) in [6.07, 6.45) is 5.13. The van der Waals surface area contributed by atoms with Gasteiger partial charge in [-0.05, 0) is 101 Å². The number of carbonyl (C=O) groups excluding carboxylic acids is 5. The second-order valence-electron chi connectivity index (χ2n) is 17.4. The average molecular weight is 1070 g/mol. The Balaban J connectivity index is 0.000000205. The molecule has 21 heteroatoms. The SMILES string of the molecule is CCCCCOC(=O)COc1cc(N2C(=O)C3=C(CCCC3)C2=O)c(F)cc1Cl.CCc1cccc(C)c1N(C(=O)CCl)C(C)COC.CS(=O)(=O)c1cc(C(F)(F)F)ccc1C(=O)c1cnoc1C1CC1. The third kappa shape index (κ3) is 14.1. The van der Waals surface area contributed by atoms with Gasteiger partial charge in [-0.1, -0.05) is 61.6 Å². The second-order valence-corrected chi connectivity index (χ2v) is 20.0. The number of halogens is 6. The van der Waals surface area contributed by atoms with E-state index in [9.17, 15) is 50.0 Å². The van der Waals surface area contributed by atoms with Crippen molar-refractivity contribution < 1.29 is 68.7 Å². The number of esters is 1. The molecule has 2 aliphatic carbocycles. The first-order chi connectivity index (χ1) is 34.1. The Bertz CT molecular complexity index is 2770. The Labute approximate surface area is 425 Å². The van der Waals surface area contributed by atoms with Crippen LogP contribution in [0.2, 0.25) is 5.02 Å². The maximum atomic E-state index is 14.5. The van der Waals surface area contributed by atoms with E-state index in [1.54, 1.807) is 12.0 Å². The number of unbranched alkanes of at least 4 members (excludes halogenated alkanes) is 2. The maximum absolute atomic E-state index is 14.5. The van der Waals surface area contributed by atoms with Crippen LogP contribution in [0.4, 0.5) is 28.9 Å². The molecule has 7 rings (SSSR count). The van der Waals surface area contributed by atoms with Crippen molar-refractivity contribution in [2.75, 3.05) is 48.9 Å². The minimum atomic E-state index is -4.71. The molecule has 4 aromatic rings. The smallest absolute Gasteiger partial charge is 0.416 e. The van der Waals surface area contributed by atoms with Crippen molar-refractivity contribution >= 4 is 73.9 Å². The summed E-state index contributed by atoms with van der Waals surface area (Å²) in [5.41, 5.74) is 2.51. The van der Waals surface area contributed by atoms with Gasteiger partial charge in [0.2, 0.25) is 5.91 Å². The fourth-order valence-electron chi connectivity index (χ4n) is 8.19. The third-order valence-corrected chi connectivity index (χ3v) is 13.6. The van der Waals surface area contributed by atoms with E-state index in [0.29, 0.717) is 55.1 Å². The van der Waals surface area contributed by atoms with Gasteiger partial charge in [-0.3, -0.25) is 19.2 Å². The summed E-state index contributed by atoms with van der Waals surface area (Å²) in [7, 11) is -2.40. The molecule has 390 valence electrons. The molecular formula is C51H57Cl2F4N3O11S. The highest BCUT2D eigenvalue weighted by Crippen LogP contribution is 2.43. The highest BCUT2D eigenvalue weighted by molar-refractivity contribution is 7.90. The second kappa shape index (κ2) is 25.3. The molecule has 1 fully saturated rings. The first kappa shape index (κ1) is 57.3. The van der Waals surface area contributed by atoms with E-state index in [0.717, 1.165) is 91.5 Å². The van der Waals surface area contributed by atoms with Gasteiger partial charge in [0.05, 0.1) is 57.9 Å². The lowest BCUT2D eigenvalue weighted by molar-refractivity contribution is -0.146. The number of anilines is 2. The molecule has 0 saturated heterocycles. The van der Waals surface area contributed by atoms with Gasteiger partial charge in [-0.25, -0.2) is 22.5 Å². The van der Waals surface area contributed by atoms with Crippen molar-refractivity contribution in [3.63, 3.8) is 0 Å². The number of carbonyl (C=O) groups is 5. The summed E-state index contributed by atoms with van der Waals surface area (Å²) >= 11 is 11.8. The van der Waals surface area contributed by atoms with E-state index in [-0.39, 0.29) is 51.3 Å². The number of imide groups is 1. The zero-order chi connectivity index (χ0) is 53.1. The van der Waals surface area contributed by atoms with E-state index in [1.165, 1.54) is 12.3 Å². The van der Waals surface area contributed by atoms with Gasteiger partial charge in [-0.2, -0.15) is 13.2 Å². The van der Waals surface area contributed by atoms with Crippen LogP contribution in [-0.2, 0) is 51.1 Å². The summed E-state index contributed by atoms with van der Waals surface area (Å²) < 4.78 is 97.4. The van der Waals surface area contributed by atoms with Gasteiger partial charge in [0.1, 0.15) is 17.4 Å². The molecule has 2 heterocycles. The van der Waals surface area contributed by atoms with E-state index < -0.39 is 62.5 Å². The van der Waals surface area contributed by atoms with Crippen LogP contribution in [-0.4, -0.2) is 88.2 Å². The number of benzene rings is 3. The van der Waals surface area contributed by atoms with Crippen molar-refractivity contribution in [1.82, 2.24) is 5.16 Å². The number of ether oxygens (including phenoxy) is 3. The first-order valence-electron chi connectivity index (χ1n) is 23.3. The number of aryl methyl sites for hydroxylation is 2. The van der Waals surface area contributed by atoms with Crippen molar-refractivity contribution in [2.45, 2.75) is 115 Å². The van der Waals surface area contributed by atoms with Crippen LogP contribution in [0.5, 0.6) is 5.75 Å². The molecule has 3 aromatic carbocycles. The molecule has 3 amide bonds. The molecule has 1 unspecified atom stereocenters. The van der Waals surface area contributed by atoms with Crippen molar-refractivity contribution in [3.05, 3.63) is 110 Å². The lowest BCUT2D eigenvalue weighted by Crippen LogP contribution is -2.43. The monoisotopic (exact) mass is 1070 g/mol. The normalized spacial score (nSPS) is 15.0. The Kier molecular flexibility index (Phi) is 20.2. The molecule has 1 aliphatic heterocycles. The van der Waals surface area contributed by atoms with Gasteiger partial charge in [-0.15, -0.1) is 11.6 Å². The van der Waals surface area contributed by atoms with Crippen LogP contribution >= 0.6 is 23.2 Å². The molecule has 0 spiro atoms. The van der Waals surface area contributed by atoms with Crippen molar-refractivity contribution in [2.24, 2.45) is 0 Å². The van der Waals surface area contributed by atoms with Gasteiger partial charge >= 0.3 is 12.1 Å². The fourth-order valence-corrected chi connectivity index (χ4v) is 9.43. The number of ketones is 1. The summed E-state index contributed by atoms with van der Waals surface area (Å²) in [4.78, 5) is 63.9. The largest absolute Gasteiger partial charge is 0.480 e. The average Bonchev–Trinajstić information content (AvgIpc) is 4.01. The molecule has 0 radical (unpaired) electrons. The van der Waals surface area contributed by atoms with E-state index in [1.807, 2.05) is 32.9 Å². The molecular weight excluding hydrogens is 1010 g/mol. The highest BCUT2D eigenvalue weighted by Gasteiger charge is 2.41. The molecule has 14 nitrogen and oxygen atoms in total. The molecule has 1 aromatic heterocycles. The molecule has 1 saturated carbocycles. The van der Waals surface area contributed by atoms with E-state index in [4.69, 9.17) is 41.9 Å². The standard InChI is InChI=1S/C21H23ClFNO5.C15H22ClNO2.C15H12F3NO4S/c1-2-3-6-9-28-19(25)12-29-18-11-17(16(23)10-15(18)22)24-20(26)13-7-4-5-8-14(13)21(24)27;1-5-13-8-6-7-11(2)15(13)17(14(18)9-16)12(3)10-19-4;1-24(21,22)12-6-9(15(16,17)18)4-5-10(12)13(20)11-7-19-23-14(11)8-2-3-8/h10-11H,2-9,12H2,1H3;6-8,12H,5,9-10H2,1-4H3;4-8H,2-3H2,1H3. The summed E-state index contributed by atoms with van der Waals surface area (Å²) in [6, 6.07) is 10.2. The van der Waals surface area contributed by atoms with E-state index >= 15 is 0 Å². The van der Waals surface area contributed by atoms with Crippen LogP contribution in [0, 0.1) is 12.7 Å². The number of nitrogens with zero attached hydrogens (tertiary/aromatic N) is 3. The van der Waals surface area contributed by atoms with Crippen LogP contribution < -0.4 is 14.5 Å². The zero-order valence-corrected chi connectivity index (χ0v) is 43.1. The van der Waals surface area contributed by atoms with E-state index in [2.05, 4.69) is 18.1 Å². The topological polar surface area (TPSA) is 180 Å². The number of alkyl halides is 4. The number of sulfone groups is 1. The van der Waals surface area contributed by atoms with Crippen molar-refractivity contribution in [3.8, 4) is 5.75 Å². The van der Waals surface area contributed by atoms with Gasteiger partial charge in [0.15, 0.2) is 28.0 Å². The molecule has 0 N–H and O–H groups in total. The number of amides is 3. The fraction of sp³-hybridized carbons (Fsp3) is 0.451. The van der Waals surface area contributed by atoms with Gasteiger partial charge < -0.3 is 23.6 Å². The number of methoxy groups -OCH3 is 1. The number of rotatable bonds is 18. The quantitative estimate of drug-likeness (QED) is 0.0230. The Morgan fingerprint density at radius 3 is 2.22 bits per heavy atom. The Morgan fingerprint density at radius 1 is 0.986 bits per heavy atom. The lowest BCUT2D eigenvalue weighted by Gasteiger charge is -2.31. The van der Waals surface area contributed by atoms with Crippen LogP contribution in [0.3, 0.4) is 0 Å². The molecule has 1 atom stereocenters. The predicted molar refractivity (Wildman–Crippen MR) is 262 cm³/mol. The molecule has 3 aliphatic rings. The van der Waals surface area contributed by atoms with Crippen molar-refractivity contribution in [1.29, 1.82) is 0 Å². The predicted octanol–water partition coefficient (Wildman–Crippen LogP) is 10.7. The third-order valence-electron chi connectivity index (χ3n) is 11.9. The van der Waals surface area contributed by atoms with Gasteiger partial charge in [0.25, 0.3) is 11.8 Å². The van der Waals surface area contributed by atoms with Crippen LogP contribution in [0.15, 0.2) is 75.3 Å². The molecule has 72 heavy (non-hydrogen) atoms. The Morgan fingerprint density at radius 2 is 1.65 bits per heavy atom. The maximum Gasteiger partial charge on any atom is 0.416 e. The minimum absolute atomic E-state index is 0.000883. The number of para-hydroxylation sites is 1. The highest BCUT2D eigenvalue weighted by atomic mass is 35.5.